The highest BCUT2D eigenvalue weighted by Crippen LogP contribution is 2.26. The van der Waals surface area contributed by atoms with Crippen LogP contribution in [0.4, 0.5) is 0 Å². The highest BCUT2D eigenvalue weighted by atomic mass is 16.5. The van der Waals surface area contributed by atoms with Gasteiger partial charge in [-0.05, 0) is 37.1 Å². The third-order valence-corrected chi connectivity index (χ3v) is 5.07. The van der Waals surface area contributed by atoms with E-state index in [9.17, 15) is 14.7 Å². The van der Waals surface area contributed by atoms with E-state index in [1.807, 2.05) is 42.5 Å². The minimum Gasteiger partial charge on any atom is -0.481 e. The van der Waals surface area contributed by atoms with Crippen molar-refractivity contribution in [2.45, 2.75) is 25.9 Å². The van der Waals surface area contributed by atoms with Crippen molar-refractivity contribution >= 4 is 22.6 Å². The molecule has 1 saturated heterocycles. The normalized spacial score (nSPS) is 17.2. The molecule has 1 fully saturated rings. The monoisotopic (exact) mass is 371 g/mol. The lowest BCUT2D eigenvalue weighted by Gasteiger charge is -2.28. The van der Waals surface area contributed by atoms with E-state index in [0.717, 1.165) is 10.8 Å². The molecule has 1 amide bonds. The Kier molecular flexibility index (Phi) is 6.29. The van der Waals surface area contributed by atoms with Gasteiger partial charge in [0.25, 0.3) is 5.91 Å². The van der Waals surface area contributed by atoms with Gasteiger partial charge in [-0.25, -0.2) is 0 Å². The molecule has 1 aliphatic heterocycles. The van der Waals surface area contributed by atoms with Gasteiger partial charge in [0, 0.05) is 25.1 Å². The summed E-state index contributed by atoms with van der Waals surface area (Å²) in [6, 6.07) is 13.5. The molecule has 0 aromatic heterocycles. The lowest BCUT2D eigenvalue weighted by molar-refractivity contribution is -0.145. The molecular weight excluding hydrogens is 346 g/mol. The Labute approximate surface area is 158 Å². The van der Waals surface area contributed by atoms with Crippen molar-refractivity contribution in [2.24, 2.45) is 11.8 Å². The molecule has 0 radical (unpaired) electrons. The average molecular weight is 371 g/mol. The van der Waals surface area contributed by atoms with Crippen LogP contribution >= 0.6 is 0 Å². The molecule has 3 rings (SSSR count). The first-order valence-corrected chi connectivity index (χ1v) is 9.29. The summed E-state index contributed by atoms with van der Waals surface area (Å²) in [6.45, 7) is 2.91. The van der Waals surface area contributed by atoms with Gasteiger partial charge in [-0.2, -0.15) is 0 Å². The molecular formula is C21H25NO5. The van der Waals surface area contributed by atoms with E-state index in [2.05, 4.69) is 5.32 Å². The number of benzene rings is 2. The van der Waals surface area contributed by atoms with Crippen molar-refractivity contribution in [3.8, 4) is 5.75 Å². The number of ether oxygens (including phenoxy) is 2. The van der Waals surface area contributed by atoms with E-state index in [-0.39, 0.29) is 18.4 Å². The smallest absolute Gasteiger partial charge is 0.308 e. The number of hydrogen-bond donors (Lipinski definition) is 2. The molecule has 1 heterocycles. The Morgan fingerprint density at radius 2 is 1.89 bits per heavy atom. The first-order chi connectivity index (χ1) is 13.1. The van der Waals surface area contributed by atoms with E-state index in [0.29, 0.717) is 31.8 Å². The van der Waals surface area contributed by atoms with Gasteiger partial charge in [0.2, 0.25) is 0 Å². The van der Waals surface area contributed by atoms with Crippen LogP contribution in [-0.2, 0) is 14.3 Å². The third-order valence-electron chi connectivity index (χ3n) is 5.07. The number of carboxylic acids is 1. The van der Waals surface area contributed by atoms with Crippen LogP contribution in [0, 0.1) is 11.8 Å². The molecule has 2 N–H and O–H groups in total. The van der Waals surface area contributed by atoms with Crippen LogP contribution < -0.4 is 10.1 Å². The summed E-state index contributed by atoms with van der Waals surface area (Å²) in [5.41, 5.74) is 0. The van der Waals surface area contributed by atoms with Crippen LogP contribution in [0.3, 0.4) is 0 Å². The molecule has 1 aliphatic rings. The van der Waals surface area contributed by atoms with Gasteiger partial charge in [-0.1, -0.05) is 36.4 Å². The maximum absolute atomic E-state index is 12.4. The molecule has 2 aromatic carbocycles. The topological polar surface area (TPSA) is 84.9 Å². The van der Waals surface area contributed by atoms with Gasteiger partial charge in [0.05, 0.1) is 5.92 Å². The van der Waals surface area contributed by atoms with Gasteiger partial charge in [0.1, 0.15) is 5.75 Å². The minimum atomic E-state index is -0.884. The van der Waals surface area contributed by atoms with Crippen LogP contribution in [-0.4, -0.2) is 42.8 Å². The molecule has 6 nitrogen and oxygen atoms in total. The van der Waals surface area contributed by atoms with E-state index in [4.69, 9.17) is 9.47 Å². The lowest BCUT2D eigenvalue weighted by atomic mass is 9.86. The largest absolute Gasteiger partial charge is 0.481 e. The van der Waals surface area contributed by atoms with E-state index >= 15 is 0 Å². The second kappa shape index (κ2) is 8.86. The van der Waals surface area contributed by atoms with Crippen LogP contribution in [0.5, 0.6) is 5.75 Å². The molecule has 6 heteroatoms. The minimum absolute atomic E-state index is 0.0193. The number of fused-ring (bicyclic) bond motifs is 1. The number of carbonyl (C=O) groups is 2. The molecule has 0 aliphatic carbocycles. The predicted molar refractivity (Wildman–Crippen MR) is 102 cm³/mol. The zero-order chi connectivity index (χ0) is 19.2. The molecule has 2 atom stereocenters. The van der Waals surface area contributed by atoms with Crippen LogP contribution in [0.25, 0.3) is 10.8 Å². The van der Waals surface area contributed by atoms with Crippen molar-refractivity contribution in [1.82, 2.24) is 5.32 Å². The van der Waals surface area contributed by atoms with E-state index in [1.54, 1.807) is 6.92 Å². The number of rotatable bonds is 7. The third kappa shape index (κ3) is 4.77. The highest BCUT2D eigenvalue weighted by molar-refractivity contribution is 5.89. The summed E-state index contributed by atoms with van der Waals surface area (Å²) in [5.74, 6) is -1.16. The summed E-state index contributed by atoms with van der Waals surface area (Å²) >= 11 is 0. The van der Waals surface area contributed by atoms with Crippen molar-refractivity contribution in [2.75, 3.05) is 19.8 Å². The van der Waals surface area contributed by atoms with Crippen molar-refractivity contribution in [1.29, 1.82) is 0 Å². The molecule has 0 bridgehead atoms. The second-order valence-electron chi connectivity index (χ2n) is 6.88. The average Bonchev–Trinajstić information content (AvgIpc) is 2.69. The van der Waals surface area contributed by atoms with Crippen molar-refractivity contribution in [3.05, 3.63) is 42.5 Å². The highest BCUT2D eigenvalue weighted by Gasteiger charge is 2.30. The molecule has 27 heavy (non-hydrogen) atoms. The summed E-state index contributed by atoms with van der Waals surface area (Å²) in [6.07, 6.45) is 0.684. The Hall–Kier alpha value is -2.60. The summed E-state index contributed by atoms with van der Waals surface area (Å²) < 4.78 is 11.1. The molecule has 0 spiro atoms. The maximum Gasteiger partial charge on any atom is 0.308 e. The van der Waals surface area contributed by atoms with Gasteiger partial charge in [0.15, 0.2) is 6.10 Å². The number of carboxylic acid groups (broad SMARTS) is 1. The Morgan fingerprint density at radius 1 is 1.19 bits per heavy atom. The van der Waals surface area contributed by atoms with E-state index in [1.165, 1.54) is 0 Å². The molecule has 0 saturated carbocycles. The zero-order valence-electron chi connectivity index (χ0n) is 15.4. The fraction of sp³-hybridized carbons (Fsp3) is 0.429. The maximum atomic E-state index is 12.4. The van der Waals surface area contributed by atoms with Gasteiger partial charge >= 0.3 is 5.97 Å². The fourth-order valence-electron chi connectivity index (χ4n) is 3.47. The quantitative estimate of drug-likeness (QED) is 0.782. The Morgan fingerprint density at radius 3 is 2.63 bits per heavy atom. The van der Waals surface area contributed by atoms with Crippen LogP contribution in [0.1, 0.15) is 19.8 Å². The number of nitrogens with one attached hydrogen (secondary N) is 1. The summed E-state index contributed by atoms with van der Waals surface area (Å²) in [4.78, 5) is 24.0. The van der Waals surface area contributed by atoms with Crippen LogP contribution in [0.15, 0.2) is 42.5 Å². The Balaban J connectivity index is 1.60. The number of carbonyl (C=O) groups excluding carboxylic acids is 1. The standard InChI is InChI=1S/C21H25NO5/c1-14(27-19-8-4-6-15-5-2-3-7-17(15)19)20(23)22-13-18(21(24)25)16-9-11-26-12-10-16/h2-8,14,16,18H,9-13H2,1H3,(H,22,23)(H,24,25). The first-order valence-electron chi connectivity index (χ1n) is 9.29. The van der Waals surface area contributed by atoms with Crippen molar-refractivity contribution < 1.29 is 24.2 Å². The van der Waals surface area contributed by atoms with Gasteiger partial charge in [-0.3, -0.25) is 9.59 Å². The summed E-state index contributed by atoms with van der Waals surface area (Å²) in [7, 11) is 0. The predicted octanol–water partition coefficient (Wildman–Crippen LogP) is 2.85. The molecule has 2 aromatic rings. The number of aliphatic carboxylic acids is 1. The molecule has 2 unspecified atom stereocenters. The first kappa shape index (κ1) is 19.2. The number of amides is 1. The van der Waals surface area contributed by atoms with Crippen LogP contribution in [0.2, 0.25) is 0 Å². The summed E-state index contributed by atoms with van der Waals surface area (Å²) in [5, 5.41) is 14.2. The SMILES string of the molecule is CC(Oc1cccc2ccccc12)C(=O)NCC(C(=O)O)C1CCOCC1. The Bertz CT molecular complexity index is 795. The molecule has 144 valence electrons. The van der Waals surface area contributed by atoms with Gasteiger partial charge < -0.3 is 19.9 Å². The number of hydrogen-bond acceptors (Lipinski definition) is 4. The lowest BCUT2D eigenvalue weighted by Crippen LogP contribution is -2.43. The fourth-order valence-corrected chi connectivity index (χ4v) is 3.47. The van der Waals surface area contributed by atoms with E-state index < -0.39 is 18.0 Å². The second-order valence-corrected chi connectivity index (χ2v) is 6.88. The zero-order valence-corrected chi connectivity index (χ0v) is 15.4. The van der Waals surface area contributed by atoms with Crippen molar-refractivity contribution in [3.63, 3.8) is 0 Å². The van der Waals surface area contributed by atoms with Gasteiger partial charge in [-0.15, -0.1) is 0 Å².